The first-order valence-corrected chi connectivity index (χ1v) is 6.89. The van der Waals surface area contributed by atoms with Crippen LogP contribution in [0.2, 0.25) is 0 Å². The molecule has 0 aliphatic rings. The Labute approximate surface area is 111 Å². The molecular formula is C17H24O. The van der Waals surface area contributed by atoms with Gasteiger partial charge in [0.2, 0.25) is 0 Å². The largest absolute Gasteiger partial charge is 0.389 e. The van der Waals surface area contributed by atoms with Crippen LogP contribution in [-0.4, -0.2) is 11.2 Å². The molecule has 0 fully saturated rings. The van der Waals surface area contributed by atoms with Crippen LogP contribution in [0.1, 0.15) is 44.6 Å². The fourth-order valence-electron chi connectivity index (χ4n) is 1.73. The summed E-state index contributed by atoms with van der Waals surface area (Å²) in [6, 6.07) is 10.1. The number of unbranched alkanes of at least 4 members (excludes halogenated alkanes) is 3. The third-order valence-electron chi connectivity index (χ3n) is 2.83. The van der Waals surface area contributed by atoms with Crippen molar-refractivity contribution in [1.82, 2.24) is 0 Å². The molecule has 1 unspecified atom stereocenters. The third kappa shape index (κ3) is 7.08. The van der Waals surface area contributed by atoms with Gasteiger partial charge >= 0.3 is 0 Å². The highest BCUT2D eigenvalue weighted by atomic mass is 16.3. The van der Waals surface area contributed by atoms with Crippen LogP contribution in [0.3, 0.4) is 0 Å². The van der Waals surface area contributed by atoms with Crippen molar-refractivity contribution in [2.24, 2.45) is 0 Å². The van der Waals surface area contributed by atoms with Gasteiger partial charge in [0.1, 0.15) is 0 Å². The predicted molar refractivity (Wildman–Crippen MR) is 79.4 cm³/mol. The van der Waals surface area contributed by atoms with E-state index in [4.69, 9.17) is 0 Å². The highest BCUT2D eigenvalue weighted by molar-refractivity contribution is 5.49. The van der Waals surface area contributed by atoms with Gasteiger partial charge in [0.05, 0.1) is 6.10 Å². The molecule has 0 radical (unpaired) electrons. The highest BCUT2D eigenvalue weighted by Gasteiger charge is 1.94. The van der Waals surface area contributed by atoms with E-state index in [2.05, 4.69) is 19.1 Å². The molecule has 1 rings (SSSR count). The first kappa shape index (κ1) is 14.7. The van der Waals surface area contributed by atoms with E-state index >= 15 is 0 Å². The standard InChI is InChI=1S/C17H24O/c1-2-3-4-5-6-10-13-17(18)15-14-16-11-8-7-9-12-16/h6-12,14-15,17-18H,2-5,13H2,1H3. The summed E-state index contributed by atoms with van der Waals surface area (Å²) < 4.78 is 0. The minimum Gasteiger partial charge on any atom is -0.389 e. The SMILES string of the molecule is CCCCCC=CCC(O)C=Cc1ccccc1. The molecule has 1 N–H and O–H groups in total. The first-order valence-electron chi connectivity index (χ1n) is 6.89. The Morgan fingerprint density at radius 2 is 1.89 bits per heavy atom. The summed E-state index contributed by atoms with van der Waals surface area (Å²) in [7, 11) is 0. The number of allylic oxidation sites excluding steroid dienone is 1. The van der Waals surface area contributed by atoms with Gasteiger partial charge in [0, 0.05) is 0 Å². The molecule has 98 valence electrons. The maximum atomic E-state index is 9.78. The summed E-state index contributed by atoms with van der Waals surface area (Å²) in [5, 5.41) is 9.78. The summed E-state index contributed by atoms with van der Waals surface area (Å²) in [6.45, 7) is 2.21. The monoisotopic (exact) mass is 244 g/mol. The van der Waals surface area contributed by atoms with Gasteiger partial charge in [-0.3, -0.25) is 0 Å². The van der Waals surface area contributed by atoms with Crippen LogP contribution >= 0.6 is 0 Å². The summed E-state index contributed by atoms with van der Waals surface area (Å²) >= 11 is 0. The predicted octanol–water partition coefficient (Wildman–Crippen LogP) is 4.59. The lowest BCUT2D eigenvalue weighted by atomic mass is 10.1. The van der Waals surface area contributed by atoms with Crippen molar-refractivity contribution in [3.05, 3.63) is 54.1 Å². The molecule has 0 spiro atoms. The zero-order valence-corrected chi connectivity index (χ0v) is 11.3. The molecule has 0 saturated carbocycles. The Balaban J connectivity index is 2.21. The molecule has 0 aromatic heterocycles. The molecule has 1 heteroatoms. The average Bonchev–Trinajstić information content (AvgIpc) is 2.41. The molecule has 1 atom stereocenters. The fraction of sp³-hybridized carbons (Fsp3) is 0.412. The Morgan fingerprint density at radius 3 is 2.61 bits per heavy atom. The van der Waals surface area contributed by atoms with Gasteiger partial charge in [-0.05, 0) is 24.8 Å². The van der Waals surface area contributed by atoms with E-state index in [0.717, 1.165) is 12.0 Å². The van der Waals surface area contributed by atoms with Crippen molar-refractivity contribution in [2.45, 2.75) is 45.1 Å². The Bertz CT molecular complexity index is 351. The van der Waals surface area contributed by atoms with Crippen LogP contribution in [-0.2, 0) is 0 Å². The number of benzene rings is 1. The van der Waals surface area contributed by atoms with Crippen molar-refractivity contribution >= 4 is 6.08 Å². The zero-order chi connectivity index (χ0) is 13.1. The smallest absolute Gasteiger partial charge is 0.0758 e. The summed E-state index contributed by atoms with van der Waals surface area (Å²) in [5.74, 6) is 0. The molecular weight excluding hydrogens is 220 g/mol. The summed E-state index contributed by atoms with van der Waals surface area (Å²) in [5.41, 5.74) is 1.13. The first-order chi connectivity index (χ1) is 8.83. The molecule has 1 aromatic carbocycles. The average molecular weight is 244 g/mol. The number of hydrogen-bond donors (Lipinski definition) is 1. The summed E-state index contributed by atoms with van der Waals surface area (Å²) in [6.07, 6.45) is 13.3. The molecule has 0 bridgehead atoms. The number of rotatable bonds is 8. The minimum atomic E-state index is -0.382. The van der Waals surface area contributed by atoms with E-state index in [1.54, 1.807) is 0 Å². The van der Waals surface area contributed by atoms with Crippen LogP contribution in [0.5, 0.6) is 0 Å². The molecule has 18 heavy (non-hydrogen) atoms. The molecule has 0 heterocycles. The zero-order valence-electron chi connectivity index (χ0n) is 11.3. The number of hydrogen-bond acceptors (Lipinski definition) is 1. The second kappa shape index (κ2) is 9.67. The van der Waals surface area contributed by atoms with Crippen LogP contribution in [0.4, 0.5) is 0 Å². The van der Waals surface area contributed by atoms with Gasteiger partial charge in [-0.1, -0.05) is 74.4 Å². The Morgan fingerprint density at radius 1 is 1.11 bits per heavy atom. The van der Waals surface area contributed by atoms with Crippen LogP contribution in [0.25, 0.3) is 6.08 Å². The van der Waals surface area contributed by atoms with Gasteiger partial charge in [-0.15, -0.1) is 0 Å². The molecule has 1 aromatic rings. The lowest BCUT2D eigenvalue weighted by molar-refractivity contribution is 0.227. The van der Waals surface area contributed by atoms with Crippen molar-refractivity contribution in [2.75, 3.05) is 0 Å². The Hall–Kier alpha value is -1.34. The van der Waals surface area contributed by atoms with E-state index in [0.29, 0.717) is 6.42 Å². The van der Waals surface area contributed by atoms with Crippen LogP contribution < -0.4 is 0 Å². The van der Waals surface area contributed by atoms with Crippen LogP contribution in [0, 0.1) is 0 Å². The van der Waals surface area contributed by atoms with Gasteiger partial charge < -0.3 is 5.11 Å². The topological polar surface area (TPSA) is 20.2 Å². The molecule has 0 aliphatic carbocycles. The lowest BCUT2D eigenvalue weighted by Crippen LogP contribution is -1.98. The molecule has 0 saturated heterocycles. The van der Waals surface area contributed by atoms with Gasteiger partial charge in [-0.25, -0.2) is 0 Å². The van der Waals surface area contributed by atoms with E-state index < -0.39 is 0 Å². The van der Waals surface area contributed by atoms with Gasteiger partial charge in [-0.2, -0.15) is 0 Å². The fourth-order valence-corrected chi connectivity index (χ4v) is 1.73. The van der Waals surface area contributed by atoms with Crippen molar-refractivity contribution in [3.8, 4) is 0 Å². The third-order valence-corrected chi connectivity index (χ3v) is 2.83. The van der Waals surface area contributed by atoms with Crippen molar-refractivity contribution in [1.29, 1.82) is 0 Å². The Kier molecular flexibility index (Phi) is 7.90. The summed E-state index contributed by atoms with van der Waals surface area (Å²) in [4.78, 5) is 0. The number of aliphatic hydroxyl groups is 1. The van der Waals surface area contributed by atoms with Crippen molar-refractivity contribution in [3.63, 3.8) is 0 Å². The maximum Gasteiger partial charge on any atom is 0.0758 e. The normalized spacial score (nSPS) is 13.4. The lowest BCUT2D eigenvalue weighted by Gasteiger charge is -2.00. The van der Waals surface area contributed by atoms with E-state index in [1.165, 1.54) is 19.3 Å². The van der Waals surface area contributed by atoms with Gasteiger partial charge in [0.15, 0.2) is 0 Å². The number of aliphatic hydroxyl groups excluding tert-OH is 1. The van der Waals surface area contributed by atoms with Crippen LogP contribution in [0.15, 0.2) is 48.6 Å². The van der Waals surface area contributed by atoms with E-state index in [9.17, 15) is 5.11 Å². The minimum absolute atomic E-state index is 0.382. The van der Waals surface area contributed by atoms with E-state index in [-0.39, 0.29) is 6.10 Å². The molecule has 0 aliphatic heterocycles. The maximum absolute atomic E-state index is 9.78. The van der Waals surface area contributed by atoms with Crippen molar-refractivity contribution < 1.29 is 5.11 Å². The molecule has 1 nitrogen and oxygen atoms in total. The molecule has 0 amide bonds. The van der Waals surface area contributed by atoms with Gasteiger partial charge in [0.25, 0.3) is 0 Å². The second-order valence-corrected chi connectivity index (χ2v) is 4.54. The van der Waals surface area contributed by atoms with E-state index in [1.807, 2.05) is 42.5 Å². The highest BCUT2D eigenvalue weighted by Crippen LogP contribution is 2.05. The second-order valence-electron chi connectivity index (χ2n) is 4.54. The quantitative estimate of drug-likeness (QED) is 0.524.